The molecule has 0 saturated carbocycles. The Morgan fingerprint density at radius 3 is 2.44 bits per heavy atom. The summed E-state index contributed by atoms with van der Waals surface area (Å²) < 4.78 is 0. The van der Waals surface area contributed by atoms with Crippen molar-refractivity contribution < 1.29 is 4.79 Å². The van der Waals surface area contributed by atoms with E-state index in [9.17, 15) is 4.79 Å². The molecular weight excluding hydrogens is 334 g/mol. The molecule has 0 fully saturated rings. The number of aryl methyl sites for hydroxylation is 1. The van der Waals surface area contributed by atoms with Crippen molar-refractivity contribution in [2.75, 3.05) is 11.9 Å². The molecule has 2 aromatic carbocycles. The van der Waals surface area contributed by atoms with Gasteiger partial charge in [-0.1, -0.05) is 60.7 Å². The molecule has 0 aliphatic carbocycles. The van der Waals surface area contributed by atoms with Gasteiger partial charge in [-0.15, -0.1) is 0 Å². The summed E-state index contributed by atoms with van der Waals surface area (Å²) >= 11 is 0. The first kappa shape index (κ1) is 18.6. The van der Waals surface area contributed by atoms with Crippen LogP contribution in [0.4, 0.5) is 5.69 Å². The quantitative estimate of drug-likeness (QED) is 0.577. The van der Waals surface area contributed by atoms with Gasteiger partial charge in [-0.2, -0.15) is 0 Å². The molecule has 0 bridgehead atoms. The van der Waals surface area contributed by atoms with Crippen LogP contribution in [0, 0.1) is 0 Å². The molecule has 0 aliphatic heterocycles. The van der Waals surface area contributed by atoms with Gasteiger partial charge in [-0.3, -0.25) is 9.78 Å². The molecule has 27 heavy (non-hydrogen) atoms. The van der Waals surface area contributed by atoms with Gasteiger partial charge in [0.1, 0.15) is 0 Å². The minimum Gasteiger partial charge on any atom is -0.384 e. The minimum atomic E-state index is -0.119. The van der Waals surface area contributed by atoms with Crippen LogP contribution in [0.5, 0.6) is 0 Å². The third kappa shape index (κ3) is 5.68. The van der Waals surface area contributed by atoms with Gasteiger partial charge < -0.3 is 10.6 Å². The smallest absolute Gasteiger partial charge is 0.253 e. The van der Waals surface area contributed by atoms with E-state index in [1.807, 2.05) is 49.4 Å². The third-order valence-corrected chi connectivity index (χ3v) is 4.46. The van der Waals surface area contributed by atoms with Gasteiger partial charge in [0.2, 0.25) is 0 Å². The molecule has 0 spiro atoms. The van der Waals surface area contributed by atoms with Crippen LogP contribution in [-0.4, -0.2) is 17.4 Å². The van der Waals surface area contributed by atoms with Crippen molar-refractivity contribution in [3.63, 3.8) is 0 Å². The highest BCUT2D eigenvalue weighted by molar-refractivity contribution is 5.94. The zero-order valence-electron chi connectivity index (χ0n) is 15.6. The van der Waals surface area contributed by atoms with Gasteiger partial charge in [-0.05, 0) is 37.0 Å². The van der Waals surface area contributed by atoms with Crippen LogP contribution >= 0.6 is 0 Å². The first-order valence-electron chi connectivity index (χ1n) is 9.31. The monoisotopic (exact) mass is 359 g/mol. The topological polar surface area (TPSA) is 54.0 Å². The lowest BCUT2D eigenvalue weighted by molar-refractivity contribution is 0.0939. The highest BCUT2D eigenvalue weighted by atomic mass is 16.1. The van der Waals surface area contributed by atoms with E-state index in [-0.39, 0.29) is 11.9 Å². The fourth-order valence-corrected chi connectivity index (χ4v) is 2.94. The number of benzene rings is 2. The summed E-state index contributed by atoms with van der Waals surface area (Å²) in [5, 5.41) is 6.37. The number of carbonyl (C=O) groups is 1. The van der Waals surface area contributed by atoms with Crippen LogP contribution in [0.15, 0.2) is 79.1 Å². The number of hydrogen-bond acceptors (Lipinski definition) is 3. The van der Waals surface area contributed by atoms with E-state index in [4.69, 9.17) is 0 Å². The third-order valence-electron chi connectivity index (χ3n) is 4.46. The maximum absolute atomic E-state index is 12.5. The van der Waals surface area contributed by atoms with Crippen LogP contribution in [0.2, 0.25) is 0 Å². The van der Waals surface area contributed by atoms with E-state index in [2.05, 4.69) is 39.9 Å². The molecule has 4 heteroatoms. The zero-order chi connectivity index (χ0) is 18.9. The van der Waals surface area contributed by atoms with Crippen LogP contribution < -0.4 is 10.6 Å². The Labute approximate surface area is 160 Å². The normalized spacial score (nSPS) is 11.6. The Bertz CT molecular complexity index is 850. The summed E-state index contributed by atoms with van der Waals surface area (Å²) in [6, 6.07) is 22.2. The van der Waals surface area contributed by atoms with Crippen LogP contribution in [0.3, 0.4) is 0 Å². The largest absolute Gasteiger partial charge is 0.384 e. The first-order chi connectivity index (χ1) is 13.2. The van der Waals surface area contributed by atoms with E-state index >= 15 is 0 Å². The van der Waals surface area contributed by atoms with Crippen molar-refractivity contribution >= 4 is 11.6 Å². The Hall–Kier alpha value is -3.14. The van der Waals surface area contributed by atoms with E-state index in [1.165, 1.54) is 5.56 Å². The predicted octanol–water partition coefficient (Wildman–Crippen LogP) is 4.62. The number of amides is 1. The Morgan fingerprint density at radius 1 is 1.00 bits per heavy atom. The number of carbonyl (C=O) groups excluding carboxylic acids is 1. The maximum atomic E-state index is 12.5. The van der Waals surface area contributed by atoms with Crippen LogP contribution in [0.1, 0.15) is 40.9 Å². The second kappa shape index (κ2) is 9.53. The number of pyridine rings is 1. The summed E-state index contributed by atoms with van der Waals surface area (Å²) in [7, 11) is 0. The van der Waals surface area contributed by atoms with Crippen molar-refractivity contribution in [1.82, 2.24) is 10.3 Å². The minimum absolute atomic E-state index is 0.0545. The maximum Gasteiger partial charge on any atom is 0.253 e. The molecule has 0 aliphatic rings. The molecule has 0 saturated heterocycles. The van der Waals surface area contributed by atoms with E-state index < -0.39 is 0 Å². The van der Waals surface area contributed by atoms with Crippen molar-refractivity contribution in [2.24, 2.45) is 0 Å². The fraction of sp³-hybridized carbons (Fsp3) is 0.217. The lowest BCUT2D eigenvalue weighted by Gasteiger charge is -2.14. The first-order valence-corrected chi connectivity index (χ1v) is 9.31. The standard InChI is InChI=1S/C23H25N3O/c1-18(20-12-6-3-7-13-20)26-23(27)21-15-22(17-24-16-21)25-14-8-11-19-9-4-2-5-10-19/h2-7,9-10,12-13,15-18,25H,8,11,14H2,1H3,(H,26,27). The average molecular weight is 359 g/mol. The summed E-state index contributed by atoms with van der Waals surface area (Å²) in [6.07, 6.45) is 5.39. The molecule has 1 aromatic heterocycles. The van der Waals surface area contributed by atoms with Gasteiger partial charge in [-0.25, -0.2) is 0 Å². The molecule has 4 nitrogen and oxygen atoms in total. The predicted molar refractivity (Wildman–Crippen MR) is 110 cm³/mol. The van der Waals surface area contributed by atoms with Crippen molar-refractivity contribution in [2.45, 2.75) is 25.8 Å². The van der Waals surface area contributed by atoms with Gasteiger partial charge in [0, 0.05) is 18.9 Å². The number of aromatic nitrogens is 1. The number of hydrogen-bond donors (Lipinski definition) is 2. The van der Waals surface area contributed by atoms with Gasteiger partial charge in [0.15, 0.2) is 0 Å². The molecule has 1 amide bonds. The zero-order valence-corrected chi connectivity index (χ0v) is 15.6. The Kier molecular flexibility index (Phi) is 6.58. The lowest BCUT2D eigenvalue weighted by atomic mass is 10.1. The molecule has 138 valence electrons. The molecule has 0 radical (unpaired) electrons. The molecule has 1 atom stereocenters. The molecular formula is C23H25N3O. The van der Waals surface area contributed by atoms with E-state index in [1.54, 1.807) is 12.4 Å². The summed E-state index contributed by atoms with van der Waals surface area (Å²) in [5.74, 6) is -0.119. The molecule has 1 unspecified atom stereocenters. The second-order valence-electron chi connectivity index (χ2n) is 6.58. The molecule has 3 aromatic rings. The summed E-state index contributed by atoms with van der Waals surface area (Å²) in [4.78, 5) is 16.7. The molecule has 1 heterocycles. The highest BCUT2D eigenvalue weighted by Gasteiger charge is 2.12. The average Bonchev–Trinajstić information content (AvgIpc) is 2.73. The van der Waals surface area contributed by atoms with Gasteiger partial charge >= 0.3 is 0 Å². The van der Waals surface area contributed by atoms with Gasteiger partial charge in [0.05, 0.1) is 17.3 Å². The van der Waals surface area contributed by atoms with E-state index in [0.29, 0.717) is 5.56 Å². The van der Waals surface area contributed by atoms with Crippen molar-refractivity contribution in [1.29, 1.82) is 0 Å². The van der Waals surface area contributed by atoms with Gasteiger partial charge in [0.25, 0.3) is 5.91 Å². The number of nitrogens with one attached hydrogen (secondary N) is 2. The van der Waals surface area contributed by atoms with Crippen molar-refractivity contribution in [3.05, 3.63) is 95.8 Å². The molecule has 3 rings (SSSR count). The number of anilines is 1. The summed E-state index contributed by atoms with van der Waals surface area (Å²) in [6.45, 7) is 2.81. The van der Waals surface area contributed by atoms with Crippen LogP contribution in [0.25, 0.3) is 0 Å². The Balaban J connectivity index is 1.51. The summed E-state index contributed by atoms with van der Waals surface area (Å²) in [5.41, 5.74) is 3.84. The second-order valence-corrected chi connectivity index (χ2v) is 6.58. The highest BCUT2D eigenvalue weighted by Crippen LogP contribution is 2.14. The fourth-order valence-electron chi connectivity index (χ4n) is 2.94. The number of nitrogens with zero attached hydrogens (tertiary/aromatic N) is 1. The lowest BCUT2D eigenvalue weighted by Crippen LogP contribution is -2.26. The SMILES string of the molecule is CC(NC(=O)c1cncc(NCCCc2ccccc2)c1)c1ccccc1. The van der Waals surface area contributed by atoms with E-state index in [0.717, 1.165) is 30.6 Å². The molecule has 2 N–H and O–H groups in total. The number of rotatable bonds is 8. The van der Waals surface area contributed by atoms with Crippen LogP contribution in [-0.2, 0) is 6.42 Å². The van der Waals surface area contributed by atoms with Crippen molar-refractivity contribution in [3.8, 4) is 0 Å². The Morgan fingerprint density at radius 2 is 1.70 bits per heavy atom.